The fraction of sp³-hybridized carbons (Fsp3) is 0.167. The third-order valence-corrected chi connectivity index (χ3v) is 3.69. The minimum absolute atomic E-state index is 0.169. The Hall–Kier alpha value is -1.44. The molecule has 0 saturated carbocycles. The van der Waals surface area contributed by atoms with E-state index in [2.05, 4.69) is 4.74 Å². The van der Waals surface area contributed by atoms with Crippen molar-refractivity contribution in [3.63, 3.8) is 0 Å². The molecule has 2 aromatic rings. The van der Waals surface area contributed by atoms with Gasteiger partial charge in [-0.05, 0) is 40.8 Å². The second kappa shape index (κ2) is 4.68. The maximum absolute atomic E-state index is 13.2. The van der Waals surface area contributed by atoms with Gasteiger partial charge in [0.2, 0.25) is 5.43 Å². The maximum Gasteiger partial charge on any atom is 0.355 e. The smallest absolute Gasteiger partial charge is 0.355 e. The van der Waals surface area contributed by atoms with Crippen LogP contribution < -0.4 is 5.43 Å². The van der Waals surface area contributed by atoms with Crippen molar-refractivity contribution >= 4 is 39.5 Å². The van der Waals surface area contributed by atoms with Gasteiger partial charge in [0.15, 0.2) is 0 Å². The monoisotopic (exact) mass is 361 g/mol. The largest absolute Gasteiger partial charge is 0.464 e. The summed E-state index contributed by atoms with van der Waals surface area (Å²) in [6.07, 6.45) is 0. The van der Waals surface area contributed by atoms with Crippen LogP contribution in [0.4, 0.5) is 4.39 Å². The van der Waals surface area contributed by atoms with Crippen LogP contribution >= 0.6 is 22.6 Å². The fourth-order valence-corrected chi connectivity index (χ4v) is 2.67. The van der Waals surface area contributed by atoms with Gasteiger partial charge >= 0.3 is 5.97 Å². The third-order valence-electron chi connectivity index (χ3n) is 2.69. The summed E-state index contributed by atoms with van der Waals surface area (Å²) in [7, 11) is 2.88. The van der Waals surface area contributed by atoms with Crippen molar-refractivity contribution in [2.75, 3.05) is 7.11 Å². The molecule has 0 radical (unpaired) electrons. The second-order valence-corrected chi connectivity index (χ2v) is 4.78. The molecular weight excluding hydrogens is 352 g/mol. The molecular formula is C12H9FINO3. The highest BCUT2D eigenvalue weighted by atomic mass is 127. The number of hydrogen-bond donors (Lipinski definition) is 0. The van der Waals surface area contributed by atoms with E-state index in [1.54, 1.807) is 29.6 Å². The summed E-state index contributed by atoms with van der Waals surface area (Å²) >= 11 is 1.77. The Morgan fingerprint density at radius 3 is 2.72 bits per heavy atom. The Kier molecular flexibility index (Phi) is 3.38. The van der Waals surface area contributed by atoms with E-state index in [9.17, 15) is 14.0 Å². The highest BCUT2D eigenvalue weighted by Crippen LogP contribution is 2.18. The van der Waals surface area contributed by atoms with Crippen LogP contribution in [0.25, 0.3) is 10.9 Å². The summed E-state index contributed by atoms with van der Waals surface area (Å²) < 4.78 is 19.6. The number of ether oxygens (including phenoxy) is 1. The molecule has 0 spiro atoms. The molecule has 94 valence electrons. The normalized spacial score (nSPS) is 10.7. The van der Waals surface area contributed by atoms with Crippen LogP contribution in [0.2, 0.25) is 0 Å². The summed E-state index contributed by atoms with van der Waals surface area (Å²) in [5.41, 5.74) is 0.285. The molecule has 0 unspecified atom stereocenters. The van der Waals surface area contributed by atoms with Gasteiger partial charge in [-0.2, -0.15) is 0 Å². The maximum atomic E-state index is 13.2. The Morgan fingerprint density at radius 1 is 1.44 bits per heavy atom. The quantitative estimate of drug-likeness (QED) is 0.577. The first-order valence-electron chi connectivity index (χ1n) is 5.03. The summed E-state index contributed by atoms with van der Waals surface area (Å²) in [6.45, 7) is 0. The number of carbonyl (C=O) groups excluding carboxylic acids is 1. The van der Waals surface area contributed by atoms with Crippen molar-refractivity contribution in [2.45, 2.75) is 0 Å². The summed E-state index contributed by atoms with van der Waals surface area (Å²) in [6, 6.07) is 3.88. The highest BCUT2D eigenvalue weighted by Gasteiger charge is 2.19. The van der Waals surface area contributed by atoms with Crippen LogP contribution in [0.15, 0.2) is 23.0 Å². The molecule has 0 aliphatic rings. The fourth-order valence-electron chi connectivity index (χ4n) is 1.80. The van der Waals surface area contributed by atoms with E-state index in [0.717, 1.165) is 0 Å². The van der Waals surface area contributed by atoms with Crippen molar-refractivity contribution in [3.05, 3.63) is 43.5 Å². The number of hydrogen-bond acceptors (Lipinski definition) is 3. The van der Waals surface area contributed by atoms with Crippen LogP contribution in [-0.2, 0) is 11.8 Å². The Labute approximate surface area is 116 Å². The number of aromatic nitrogens is 1. The van der Waals surface area contributed by atoms with Gasteiger partial charge in [-0.3, -0.25) is 4.79 Å². The Balaban J connectivity index is 2.97. The predicted octanol–water partition coefficient (Wildman–Crippen LogP) is 2.07. The molecule has 1 heterocycles. The average molecular weight is 361 g/mol. The number of nitrogens with zero attached hydrogens (tertiary/aromatic N) is 1. The molecule has 0 atom stereocenters. The SMILES string of the molecule is COC(=O)c1c(I)c(=O)c2cc(F)ccc2n1C. The van der Waals surface area contributed by atoms with Gasteiger partial charge in [-0.25, -0.2) is 9.18 Å². The molecule has 6 heteroatoms. The number of fused-ring (bicyclic) bond motifs is 1. The molecule has 0 saturated heterocycles. The first-order chi connectivity index (χ1) is 8.47. The van der Waals surface area contributed by atoms with Crippen molar-refractivity contribution < 1.29 is 13.9 Å². The number of carbonyl (C=O) groups is 1. The van der Waals surface area contributed by atoms with E-state index in [4.69, 9.17) is 0 Å². The molecule has 1 aromatic carbocycles. The molecule has 0 N–H and O–H groups in total. The van der Waals surface area contributed by atoms with Crippen molar-refractivity contribution in [2.24, 2.45) is 7.05 Å². The lowest BCUT2D eigenvalue weighted by Crippen LogP contribution is -2.21. The molecule has 0 amide bonds. The third kappa shape index (κ3) is 1.90. The minimum atomic E-state index is -0.592. The van der Waals surface area contributed by atoms with Crippen molar-refractivity contribution in [1.82, 2.24) is 4.57 Å². The zero-order valence-electron chi connectivity index (χ0n) is 9.66. The van der Waals surface area contributed by atoms with E-state index in [-0.39, 0.29) is 20.1 Å². The molecule has 2 rings (SSSR count). The molecule has 0 fully saturated rings. The van der Waals surface area contributed by atoms with Crippen LogP contribution in [0.3, 0.4) is 0 Å². The Bertz CT molecular complexity index is 709. The predicted molar refractivity (Wildman–Crippen MR) is 73.2 cm³/mol. The summed E-state index contributed by atoms with van der Waals surface area (Å²) in [4.78, 5) is 23.7. The molecule has 18 heavy (non-hydrogen) atoms. The Morgan fingerprint density at radius 2 is 2.11 bits per heavy atom. The number of benzene rings is 1. The molecule has 4 nitrogen and oxygen atoms in total. The summed E-state index contributed by atoms with van der Waals surface area (Å²) in [5, 5.41) is 0.245. The summed E-state index contributed by atoms with van der Waals surface area (Å²) in [5.74, 6) is -1.08. The lowest BCUT2D eigenvalue weighted by atomic mass is 10.1. The van der Waals surface area contributed by atoms with Crippen molar-refractivity contribution in [1.29, 1.82) is 0 Å². The second-order valence-electron chi connectivity index (χ2n) is 3.70. The topological polar surface area (TPSA) is 48.3 Å². The van der Waals surface area contributed by atoms with Gasteiger partial charge in [-0.1, -0.05) is 0 Å². The van der Waals surface area contributed by atoms with E-state index in [0.29, 0.717) is 5.52 Å². The van der Waals surface area contributed by atoms with Crippen LogP contribution in [0.5, 0.6) is 0 Å². The van der Waals surface area contributed by atoms with Crippen molar-refractivity contribution in [3.8, 4) is 0 Å². The number of methoxy groups -OCH3 is 1. The molecule has 0 aliphatic carbocycles. The van der Waals surface area contributed by atoms with Gasteiger partial charge in [-0.15, -0.1) is 0 Å². The van der Waals surface area contributed by atoms with Gasteiger partial charge < -0.3 is 9.30 Å². The average Bonchev–Trinajstić information content (AvgIpc) is 2.35. The molecule has 1 aromatic heterocycles. The van der Waals surface area contributed by atoms with E-state index in [1.807, 2.05) is 0 Å². The number of rotatable bonds is 1. The standard InChI is InChI=1S/C12H9FINO3/c1-15-8-4-3-6(13)5-7(8)11(16)9(14)10(15)12(17)18-2/h3-5H,1-2H3. The van der Waals surface area contributed by atoms with E-state index < -0.39 is 11.8 Å². The number of pyridine rings is 1. The molecule has 0 bridgehead atoms. The number of aryl methyl sites for hydroxylation is 1. The van der Waals surface area contributed by atoms with Crippen LogP contribution in [0.1, 0.15) is 10.5 Å². The minimum Gasteiger partial charge on any atom is -0.464 e. The number of esters is 1. The van der Waals surface area contributed by atoms with Gasteiger partial charge in [0.1, 0.15) is 11.5 Å². The lowest BCUT2D eigenvalue weighted by molar-refractivity contribution is 0.0588. The number of halogens is 2. The van der Waals surface area contributed by atoms with E-state index in [1.165, 1.54) is 29.9 Å². The van der Waals surface area contributed by atoms with Gasteiger partial charge in [0, 0.05) is 12.4 Å². The van der Waals surface area contributed by atoms with Crippen LogP contribution in [-0.4, -0.2) is 17.6 Å². The molecule has 0 aliphatic heterocycles. The first kappa shape index (κ1) is 13.0. The van der Waals surface area contributed by atoms with E-state index >= 15 is 0 Å². The van der Waals surface area contributed by atoms with Gasteiger partial charge in [0.05, 0.1) is 16.2 Å². The zero-order valence-corrected chi connectivity index (χ0v) is 11.8. The van der Waals surface area contributed by atoms with Crippen LogP contribution in [0, 0.1) is 9.39 Å². The van der Waals surface area contributed by atoms with Gasteiger partial charge in [0.25, 0.3) is 0 Å². The highest BCUT2D eigenvalue weighted by molar-refractivity contribution is 14.1. The first-order valence-corrected chi connectivity index (χ1v) is 6.11. The lowest BCUT2D eigenvalue weighted by Gasteiger charge is -2.12. The zero-order chi connectivity index (χ0) is 13.4.